The Morgan fingerprint density at radius 3 is 2.50 bits per heavy atom. The standard InChI is InChI=1S/C14H11FN2O3/c15-11-8-10(6-7-16-11)13(18)17-12(14(19)20)9-4-2-1-3-5-9/h1-8,12H,(H,17,18)(H,19,20)/t12-/m0/s1. The van der Waals surface area contributed by atoms with Gasteiger partial charge in [-0.1, -0.05) is 30.3 Å². The number of nitrogens with one attached hydrogen (secondary N) is 1. The van der Waals surface area contributed by atoms with Crippen molar-refractivity contribution in [1.82, 2.24) is 10.3 Å². The van der Waals surface area contributed by atoms with E-state index < -0.39 is 23.9 Å². The second kappa shape index (κ2) is 5.92. The molecule has 0 bridgehead atoms. The molecule has 20 heavy (non-hydrogen) atoms. The van der Waals surface area contributed by atoms with E-state index in [2.05, 4.69) is 10.3 Å². The monoisotopic (exact) mass is 274 g/mol. The van der Waals surface area contributed by atoms with Crippen molar-refractivity contribution >= 4 is 11.9 Å². The molecular formula is C14H11FN2O3. The van der Waals surface area contributed by atoms with Crippen LogP contribution in [0.1, 0.15) is 22.0 Å². The van der Waals surface area contributed by atoms with Crippen molar-refractivity contribution in [1.29, 1.82) is 0 Å². The summed E-state index contributed by atoms with van der Waals surface area (Å²) in [5.74, 6) is -2.68. The van der Waals surface area contributed by atoms with Crippen molar-refractivity contribution in [3.8, 4) is 0 Å². The van der Waals surface area contributed by atoms with Crippen LogP contribution in [0.25, 0.3) is 0 Å². The third-order valence-electron chi connectivity index (χ3n) is 2.64. The third-order valence-corrected chi connectivity index (χ3v) is 2.64. The quantitative estimate of drug-likeness (QED) is 0.833. The molecule has 1 aromatic heterocycles. The highest BCUT2D eigenvalue weighted by Crippen LogP contribution is 2.13. The van der Waals surface area contributed by atoms with Crippen molar-refractivity contribution < 1.29 is 19.1 Å². The summed E-state index contributed by atoms with van der Waals surface area (Å²) in [5, 5.41) is 11.5. The number of amides is 1. The van der Waals surface area contributed by atoms with E-state index >= 15 is 0 Å². The highest BCUT2D eigenvalue weighted by Gasteiger charge is 2.22. The van der Waals surface area contributed by atoms with E-state index in [0.29, 0.717) is 5.56 Å². The first-order valence-corrected chi connectivity index (χ1v) is 5.78. The molecule has 6 heteroatoms. The Hall–Kier alpha value is -2.76. The van der Waals surface area contributed by atoms with Crippen LogP contribution in [-0.4, -0.2) is 22.0 Å². The van der Waals surface area contributed by atoms with Gasteiger partial charge >= 0.3 is 5.97 Å². The Morgan fingerprint density at radius 2 is 1.90 bits per heavy atom. The molecule has 2 aromatic rings. The smallest absolute Gasteiger partial charge is 0.330 e. The molecule has 2 rings (SSSR count). The van der Waals surface area contributed by atoms with Gasteiger partial charge in [-0.2, -0.15) is 4.39 Å². The second-order valence-electron chi connectivity index (χ2n) is 4.02. The summed E-state index contributed by atoms with van der Waals surface area (Å²) in [6.45, 7) is 0. The number of benzene rings is 1. The lowest BCUT2D eigenvalue weighted by Gasteiger charge is -2.14. The van der Waals surface area contributed by atoms with Gasteiger partial charge < -0.3 is 10.4 Å². The topological polar surface area (TPSA) is 79.3 Å². The SMILES string of the molecule is O=C(N[C@H](C(=O)O)c1ccccc1)c1ccnc(F)c1. The van der Waals surface area contributed by atoms with E-state index in [4.69, 9.17) is 0 Å². The minimum Gasteiger partial charge on any atom is -0.479 e. The highest BCUT2D eigenvalue weighted by molar-refractivity contribution is 5.96. The number of hydrogen-bond donors (Lipinski definition) is 2. The second-order valence-corrected chi connectivity index (χ2v) is 4.02. The predicted molar refractivity (Wildman–Crippen MR) is 68.5 cm³/mol. The molecule has 1 aromatic carbocycles. The number of aliphatic carboxylic acids is 1. The van der Waals surface area contributed by atoms with Crippen LogP contribution < -0.4 is 5.32 Å². The summed E-state index contributed by atoms with van der Waals surface area (Å²) < 4.78 is 12.9. The number of carboxylic acids is 1. The van der Waals surface area contributed by atoms with Crippen molar-refractivity contribution in [2.45, 2.75) is 6.04 Å². The fraction of sp³-hybridized carbons (Fsp3) is 0.0714. The van der Waals surface area contributed by atoms with Crippen LogP contribution in [0.4, 0.5) is 4.39 Å². The van der Waals surface area contributed by atoms with Crippen LogP contribution in [-0.2, 0) is 4.79 Å². The number of carbonyl (C=O) groups is 2. The van der Waals surface area contributed by atoms with Crippen LogP contribution in [0.3, 0.4) is 0 Å². The van der Waals surface area contributed by atoms with E-state index in [1.807, 2.05) is 0 Å². The average Bonchev–Trinajstić information content (AvgIpc) is 2.45. The van der Waals surface area contributed by atoms with Gasteiger partial charge in [0.15, 0.2) is 6.04 Å². The fourth-order valence-corrected chi connectivity index (χ4v) is 1.69. The molecule has 0 fully saturated rings. The van der Waals surface area contributed by atoms with Gasteiger partial charge in [-0.15, -0.1) is 0 Å². The molecule has 1 heterocycles. The molecule has 0 spiro atoms. The number of halogens is 1. The zero-order valence-corrected chi connectivity index (χ0v) is 10.3. The molecule has 102 valence electrons. The first-order chi connectivity index (χ1) is 9.58. The van der Waals surface area contributed by atoms with Gasteiger partial charge in [0, 0.05) is 17.8 Å². The maximum Gasteiger partial charge on any atom is 0.330 e. The number of rotatable bonds is 4. The van der Waals surface area contributed by atoms with E-state index in [1.54, 1.807) is 30.3 Å². The summed E-state index contributed by atoms with van der Waals surface area (Å²) in [5.41, 5.74) is 0.447. The molecule has 0 saturated heterocycles. The summed E-state index contributed by atoms with van der Waals surface area (Å²) in [6.07, 6.45) is 1.14. The maximum atomic E-state index is 12.9. The minimum atomic E-state index is -1.20. The number of carboxylic acid groups (broad SMARTS) is 1. The summed E-state index contributed by atoms with van der Waals surface area (Å²) >= 11 is 0. The van der Waals surface area contributed by atoms with Crippen molar-refractivity contribution in [2.75, 3.05) is 0 Å². The van der Waals surface area contributed by atoms with Crippen molar-refractivity contribution in [3.63, 3.8) is 0 Å². The largest absolute Gasteiger partial charge is 0.479 e. The number of pyridine rings is 1. The Labute approximate surface area is 114 Å². The predicted octanol–water partition coefficient (Wildman–Crippen LogP) is 1.78. The van der Waals surface area contributed by atoms with E-state index in [-0.39, 0.29) is 5.56 Å². The molecule has 0 aliphatic carbocycles. The molecule has 2 N–H and O–H groups in total. The molecule has 0 aliphatic heterocycles. The Balaban J connectivity index is 2.21. The summed E-state index contributed by atoms with van der Waals surface area (Å²) in [6, 6.07) is 9.31. The number of aromatic nitrogens is 1. The molecule has 0 radical (unpaired) electrons. The van der Waals surface area contributed by atoms with Crippen molar-refractivity contribution in [2.24, 2.45) is 0 Å². The molecular weight excluding hydrogens is 263 g/mol. The first kappa shape index (κ1) is 13.7. The molecule has 1 amide bonds. The van der Waals surface area contributed by atoms with Crippen LogP contribution >= 0.6 is 0 Å². The lowest BCUT2D eigenvalue weighted by molar-refractivity contribution is -0.139. The zero-order valence-electron chi connectivity index (χ0n) is 10.3. The van der Waals surface area contributed by atoms with Crippen LogP contribution in [0.5, 0.6) is 0 Å². The fourth-order valence-electron chi connectivity index (χ4n) is 1.69. The minimum absolute atomic E-state index is 0.0136. The van der Waals surface area contributed by atoms with Crippen molar-refractivity contribution in [3.05, 3.63) is 65.7 Å². The van der Waals surface area contributed by atoms with Gasteiger partial charge in [-0.05, 0) is 11.6 Å². The molecule has 1 atom stereocenters. The molecule has 0 unspecified atom stereocenters. The molecule has 0 aliphatic rings. The summed E-state index contributed by atoms with van der Waals surface area (Å²) in [4.78, 5) is 26.5. The molecule has 0 saturated carbocycles. The number of nitrogens with zero attached hydrogens (tertiary/aromatic N) is 1. The van der Waals surface area contributed by atoms with Gasteiger partial charge in [0.1, 0.15) is 0 Å². The van der Waals surface area contributed by atoms with Crippen LogP contribution in [0, 0.1) is 5.95 Å². The maximum absolute atomic E-state index is 12.9. The normalized spacial score (nSPS) is 11.7. The van der Waals surface area contributed by atoms with Crippen LogP contribution in [0.2, 0.25) is 0 Å². The highest BCUT2D eigenvalue weighted by atomic mass is 19.1. The Morgan fingerprint density at radius 1 is 1.20 bits per heavy atom. The van der Waals surface area contributed by atoms with E-state index in [1.165, 1.54) is 6.07 Å². The Kier molecular flexibility index (Phi) is 4.05. The average molecular weight is 274 g/mol. The zero-order chi connectivity index (χ0) is 14.5. The van der Waals surface area contributed by atoms with Gasteiger partial charge in [0.05, 0.1) is 0 Å². The first-order valence-electron chi connectivity index (χ1n) is 5.78. The molecule has 5 nitrogen and oxygen atoms in total. The summed E-state index contributed by atoms with van der Waals surface area (Å²) in [7, 11) is 0. The lowest BCUT2D eigenvalue weighted by Crippen LogP contribution is -2.33. The van der Waals surface area contributed by atoms with E-state index in [0.717, 1.165) is 12.3 Å². The number of carbonyl (C=O) groups excluding carboxylic acids is 1. The Bertz CT molecular complexity index is 631. The van der Waals surface area contributed by atoms with Gasteiger partial charge in [-0.3, -0.25) is 4.79 Å². The van der Waals surface area contributed by atoms with Gasteiger partial charge in [0.25, 0.3) is 5.91 Å². The third kappa shape index (κ3) is 3.17. The number of hydrogen-bond acceptors (Lipinski definition) is 3. The van der Waals surface area contributed by atoms with E-state index in [9.17, 15) is 19.1 Å². The van der Waals surface area contributed by atoms with Crippen LogP contribution in [0.15, 0.2) is 48.7 Å². The lowest BCUT2D eigenvalue weighted by atomic mass is 10.1. The van der Waals surface area contributed by atoms with Gasteiger partial charge in [-0.25, -0.2) is 9.78 Å². The van der Waals surface area contributed by atoms with Gasteiger partial charge in [0.2, 0.25) is 5.95 Å².